The molecule has 4 heteroatoms. The summed E-state index contributed by atoms with van der Waals surface area (Å²) in [6, 6.07) is 0. The Morgan fingerprint density at radius 3 is 2.64 bits per heavy atom. The number of hydrogen-bond acceptors (Lipinski definition) is 2. The molecule has 1 saturated carbocycles. The van der Waals surface area contributed by atoms with Gasteiger partial charge in [0.2, 0.25) is 0 Å². The summed E-state index contributed by atoms with van der Waals surface area (Å²) in [4.78, 5) is 0. The van der Waals surface area contributed by atoms with E-state index in [2.05, 4.69) is 16.9 Å². The Morgan fingerprint density at radius 1 is 1.64 bits per heavy atom. The van der Waals surface area contributed by atoms with Crippen LogP contribution in [0.15, 0.2) is 0 Å². The molecule has 0 aromatic heterocycles. The van der Waals surface area contributed by atoms with Gasteiger partial charge in [0.1, 0.15) is 0 Å². The largest absolute Gasteiger partial charge is 0.366 e. The van der Waals surface area contributed by atoms with Gasteiger partial charge in [0, 0.05) is 18.3 Å². The standard InChI is InChI=1S/C7H14N2S2/c1-8-6(10)9-5-7(11-2)3-4-7/h3-5H2,1-2H3,(H2,8,9,10). The Kier molecular flexibility index (Phi) is 3.01. The molecule has 0 aromatic carbocycles. The predicted octanol–water partition coefficient (Wildman–Crippen LogP) is 0.976. The van der Waals surface area contributed by atoms with Gasteiger partial charge in [0.05, 0.1) is 0 Å². The molecule has 0 unspecified atom stereocenters. The average molecular weight is 190 g/mol. The summed E-state index contributed by atoms with van der Waals surface area (Å²) in [6.07, 6.45) is 4.82. The number of thiocarbonyl (C=S) groups is 1. The van der Waals surface area contributed by atoms with Gasteiger partial charge in [0.15, 0.2) is 5.11 Å². The fourth-order valence-corrected chi connectivity index (χ4v) is 1.72. The van der Waals surface area contributed by atoms with Gasteiger partial charge in [-0.3, -0.25) is 0 Å². The van der Waals surface area contributed by atoms with Crippen molar-refractivity contribution in [1.82, 2.24) is 10.6 Å². The van der Waals surface area contributed by atoms with Crippen LogP contribution in [0.3, 0.4) is 0 Å². The molecule has 0 spiro atoms. The molecule has 0 saturated heterocycles. The average Bonchev–Trinajstić information content (AvgIpc) is 2.81. The summed E-state index contributed by atoms with van der Waals surface area (Å²) >= 11 is 6.91. The first-order chi connectivity index (χ1) is 5.22. The van der Waals surface area contributed by atoms with Crippen LogP contribution in [-0.2, 0) is 0 Å². The van der Waals surface area contributed by atoms with Crippen LogP contribution < -0.4 is 10.6 Å². The molecule has 11 heavy (non-hydrogen) atoms. The lowest BCUT2D eigenvalue weighted by Crippen LogP contribution is -2.37. The van der Waals surface area contributed by atoms with Crippen molar-refractivity contribution in [2.45, 2.75) is 17.6 Å². The lowest BCUT2D eigenvalue weighted by Gasteiger charge is -2.13. The molecule has 0 bridgehead atoms. The van der Waals surface area contributed by atoms with Gasteiger partial charge >= 0.3 is 0 Å². The second-order valence-corrected chi connectivity index (χ2v) is 4.50. The van der Waals surface area contributed by atoms with Gasteiger partial charge < -0.3 is 10.6 Å². The SMILES string of the molecule is CNC(=S)NCC1(SC)CC1. The van der Waals surface area contributed by atoms with E-state index in [0.29, 0.717) is 4.75 Å². The highest BCUT2D eigenvalue weighted by atomic mass is 32.2. The highest BCUT2D eigenvalue weighted by molar-refractivity contribution is 8.00. The van der Waals surface area contributed by atoms with Crippen molar-refractivity contribution in [1.29, 1.82) is 0 Å². The summed E-state index contributed by atoms with van der Waals surface area (Å²) in [5.74, 6) is 0. The van der Waals surface area contributed by atoms with Crippen LogP contribution in [-0.4, -0.2) is 29.7 Å². The minimum atomic E-state index is 0.501. The molecule has 2 N–H and O–H groups in total. The third-order valence-corrected chi connectivity index (χ3v) is 3.81. The molecule has 64 valence electrons. The Morgan fingerprint density at radius 2 is 2.27 bits per heavy atom. The van der Waals surface area contributed by atoms with Gasteiger partial charge in [-0.2, -0.15) is 11.8 Å². The lowest BCUT2D eigenvalue weighted by atomic mass is 10.4. The normalized spacial score (nSPS) is 19.1. The van der Waals surface area contributed by atoms with Crippen molar-refractivity contribution in [2.75, 3.05) is 19.8 Å². The van der Waals surface area contributed by atoms with E-state index in [4.69, 9.17) is 12.2 Å². The summed E-state index contributed by atoms with van der Waals surface area (Å²) in [7, 11) is 1.84. The molecule has 0 amide bonds. The van der Waals surface area contributed by atoms with E-state index in [1.807, 2.05) is 18.8 Å². The summed E-state index contributed by atoms with van der Waals surface area (Å²) < 4.78 is 0.501. The van der Waals surface area contributed by atoms with E-state index in [1.165, 1.54) is 12.8 Å². The maximum atomic E-state index is 4.97. The smallest absolute Gasteiger partial charge is 0.166 e. The van der Waals surface area contributed by atoms with Crippen LogP contribution in [0.1, 0.15) is 12.8 Å². The molecule has 1 fully saturated rings. The Bertz CT molecular complexity index is 155. The maximum absolute atomic E-state index is 4.97. The quantitative estimate of drug-likeness (QED) is 0.648. The highest BCUT2D eigenvalue weighted by Crippen LogP contribution is 2.46. The molecule has 1 rings (SSSR count). The van der Waals surface area contributed by atoms with E-state index < -0.39 is 0 Å². The van der Waals surface area contributed by atoms with E-state index in [-0.39, 0.29) is 0 Å². The van der Waals surface area contributed by atoms with Crippen LogP contribution in [0.5, 0.6) is 0 Å². The van der Waals surface area contributed by atoms with Crippen LogP contribution in [0, 0.1) is 0 Å². The molecule has 2 nitrogen and oxygen atoms in total. The molecule has 0 radical (unpaired) electrons. The van der Waals surface area contributed by atoms with E-state index in [1.54, 1.807) is 0 Å². The van der Waals surface area contributed by atoms with Gasteiger partial charge in [-0.25, -0.2) is 0 Å². The monoisotopic (exact) mass is 190 g/mol. The minimum absolute atomic E-state index is 0.501. The van der Waals surface area contributed by atoms with Crippen molar-refractivity contribution in [3.05, 3.63) is 0 Å². The molecule has 0 atom stereocenters. The van der Waals surface area contributed by atoms with Crippen molar-refractivity contribution in [3.63, 3.8) is 0 Å². The number of nitrogens with one attached hydrogen (secondary N) is 2. The molecule has 1 aliphatic carbocycles. The van der Waals surface area contributed by atoms with Crippen molar-refractivity contribution >= 4 is 29.1 Å². The van der Waals surface area contributed by atoms with Crippen LogP contribution in [0.2, 0.25) is 0 Å². The maximum Gasteiger partial charge on any atom is 0.166 e. The Balaban J connectivity index is 2.16. The van der Waals surface area contributed by atoms with Crippen molar-refractivity contribution < 1.29 is 0 Å². The first kappa shape index (κ1) is 9.13. The third kappa shape index (κ3) is 2.52. The fraction of sp³-hybridized carbons (Fsp3) is 0.857. The van der Waals surface area contributed by atoms with Crippen LogP contribution in [0.4, 0.5) is 0 Å². The van der Waals surface area contributed by atoms with E-state index >= 15 is 0 Å². The van der Waals surface area contributed by atoms with Gasteiger partial charge in [-0.05, 0) is 31.3 Å². The van der Waals surface area contributed by atoms with Crippen LogP contribution >= 0.6 is 24.0 Å². The second-order valence-electron chi connectivity index (χ2n) is 2.82. The van der Waals surface area contributed by atoms with Gasteiger partial charge in [-0.1, -0.05) is 0 Å². The first-order valence-electron chi connectivity index (χ1n) is 3.73. The zero-order chi connectivity index (χ0) is 8.32. The minimum Gasteiger partial charge on any atom is -0.366 e. The van der Waals surface area contributed by atoms with E-state index in [0.717, 1.165) is 11.7 Å². The zero-order valence-corrected chi connectivity index (χ0v) is 8.57. The lowest BCUT2D eigenvalue weighted by molar-refractivity contribution is 0.806. The van der Waals surface area contributed by atoms with Crippen LogP contribution in [0.25, 0.3) is 0 Å². The Labute approximate surface area is 77.5 Å². The third-order valence-electron chi connectivity index (χ3n) is 2.04. The summed E-state index contributed by atoms with van der Waals surface area (Å²) in [5.41, 5.74) is 0. The molecule has 0 heterocycles. The predicted molar refractivity (Wildman–Crippen MR) is 55.1 cm³/mol. The fourth-order valence-electron chi connectivity index (χ4n) is 0.922. The number of hydrogen-bond donors (Lipinski definition) is 2. The summed E-state index contributed by atoms with van der Waals surface area (Å²) in [6.45, 7) is 1.01. The Hall–Kier alpha value is 0.0400. The zero-order valence-electron chi connectivity index (χ0n) is 6.94. The second kappa shape index (κ2) is 3.63. The number of thioether (sulfide) groups is 1. The van der Waals surface area contributed by atoms with Crippen molar-refractivity contribution in [3.8, 4) is 0 Å². The molecular formula is C7H14N2S2. The van der Waals surface area contributed by atoms with Gasteiger partial charge in [0.25, 0.3) is 0 Å². The molecule has 0 aliphatic heterocycles. The highest BCUT2D eigenvalue weighted by Gasteiger charge is 2.41. The first-order valence-corrected chi connectivity index (χ1v) is 5.36. The summed E-state index contributed by atoms with van der Waals surface area (Å²) in [5, 5.41) is 6.84. The molecule has 0 aromatic rings. The van der Waals surface area contributed by atoms with E-state index in [9.17, 15) is 0 Å². The van der Waals surface area contributed by atoms with Gasteiger partial charge in [-0.15, -0.1) is 0 Å². The number of rotatable bonds is 3. The molecular weight excluding hydrogens is 176 g/mol. The molecule has 1 aliphatic rings. The van der Waals surface area contributed by atoms with Crippen molar-refractivity contribution in [2.24, 2.45) is 0 Å². The topological polar surface area (TPSA) is 24.1 Å².